The summed E-state index contributed by atoms with van der Waals surface area (Å²) in [6, 6.07) is 0. The van der Waals surface area contributed by atoms with E-state index in [9.17, 15) is 9.59 Å². The Morgan fingerprint density at radius 3 is 2.70 bits per heavy atom. The van der Waals surface area contributed by atoms with Gasteiger partial charge in [0.2, 0.25) is 5.91 Å². The lowest BCUT2D eigenvalue weighted by atomic mass is 9.95. The SMILES string of the molecule is CCCn1c(SCC(=O)Nc2sc3c(c2C(=O)OCC)CCCC3)nnc1C(C)C. The number of hydrogen-bond donors (Lipinski definition) is 1. The molecule has 0 radical (unpaired) electrons. The van der Waals surface area contributed by atoms with Crippen LogP contribution in [0.3, 0.4) is 0 Å². The van der Waals surface area contributed by atoms with Crippen molar-refractivity contribution in [3.8, 4) is 0 Å². The van der Waals surface area contributed by atoms with Crippen LogP contribution in [0, 0.1) is 0 Å². The number of thioether (sulfide) groups is 1. The Labute approximate surface area is 186 Å². The number of aromatic nitrogens is 3. The van der Waals surface area contributed by atoms with Crippen molar-refractivity contribution >= 4 is 40.0 Å². The van der Waals surface area contributed by atoms with Crippen LogP contribution in [0.1, 0.15) is 79.5 Å². The summed E-state index contributed by atoms with van der Waals surface area (Å²) in [6.07, 6.45) is 4.97. The van der Waals surface area contributed by atoms with Crippen molar-refractivity contribution in [2.75, 3.05) is 17.7 Å². The van der Waals surface area contributed by atoms with Crippen molar-refractivity contribution in [1.29, 1.82) is 0 Å². The van der Waals surface area contributed by atoms with Gasteiger partial charge in [0.25, 0.3) is 0 Å². The Balaban J connectivity index is 1.73. The minimum absolute atomic E-state index is 0.152. The van der Waals surface area contributed by atoms with Crippen LogP contribution in [-0.4, -0.2) is 39.0 Å². The first-order valence-electron chi connectivity index (χ1n) is 10.6. The molecule has 3 rings (SSSR count). The van der Waals surface area contributed by atoms with Crippen molar-refractivity contribution < 1.29 is 14.3 Å². The van der Waals surface area contributed by atoms with Crippen LogP contribution in [0.2, 0.25) is 0 Å². The predicted octanol–water partition coefficient (Wildman–Crippen LogP) is 4.66. The first kappa shape index (κ1) is 22.8. The molecule has 0 fully saturated rings. The van der Waals surface area contributed by atoms with Crippen LogP contribution < -0.4 is 5.32 Å². The van der Waals surface area contributed by atoms with Gasteiger partial charge in [0.05, 0.1) is 17.9 Å². The number of ether oxygens (including phenoxy) is 1. The second-order valence-corrected chi connectivity index (χ2v) is 9.67. The predicted molar refractivity (Wildman–Crippen MR) is 121 cm³/mol. The molecule has 0 saturated carbocycles. The fraction of sp³-hybridized carbons (Fsp3) is 0.619. The Morgan fingerprint density at radius 1 is 1.23 bits per heavy atom. The van der Waals surface area contributed by atoms with Crippen molar-refractivity contribution in [3.05, 3.63) is 21.8 Å². The number of rotatable bonds is 9. The fourth-order valence-corrected chi connectivity index (χ4v) is 5.70. The molecular formula is C21H30N4O3S2. The third-order valence-electron chi connectivity index (χ3n) is 4.95. The number of nitrogens with one attached hydrogen (secondary N) is 1. The van der Waals surface area contributed by atoms with Crippen molar-refractivity contribution in [2.24, 2.45) is 0 Å². The second-order valence-electron chi connectivity index (χ2n) is 7.62. The second kappa shape index (κ2) is 10.4. The van der Waals surface area contributed by atoms with Crippen LogP contribution in [0.4, 0.5) is 5.00 Å². The molecule has 0 spiro atoms. The zero-order valence-corrected chi connectivity index (χ0v) is 19.8. The lowest BCUT2D eigenvalue weighted by molar-refractivity contribution is -0.113. The molecule has 0 unspecified atom stereocenters. The summed E-state index contributed by atoms with van der Waals surface area (Å²) in [5, 5.41) is 12.9. The molecule has 2 aromatic rings. The molecule has 0 bridgehead atoms. The molecule has 0 saturated heterocycles. The molecule has 0 atom stereocenters. The minimum atomic E-state index is -0.343. The van der Waals surface area contributed by atoms with E-state index < -0.39 is 0 Å². The van der Waals surface area contributed by atoms with E-state index in [2.05, 4.69) is 40.9 Å². The number of thiophene rings is 1. The largest absolute Gasteiger partial charge is 0.462 e. The van der Waals surface area contributed by atoms with Crippen LogP contribution in [0.15, 0.2) is 5.16 Å². The summed E-state index contributed by atoms with van der Waals surface area (Å²) in [5.74, 6) is 0.933. The van der Waals surface area contributed by atoms with Gasteiger partial charge in [-0.05, 0) is 44.6 Å². The molecule has 1 aliphatic rings. The van der Waals surface area contributed by atoms with E-state index in [0.29, 0.717) is 17.2 Å². The van der Waals surface area contributed by atoms with Gasteiger partial charge in [-0.3, -0.25) is 4.79 Å². The van der Waals surface area contributed by atoms with E-state index in [1.54, 1.807) is 6.92 Å². The molecular weight excluding hydrogens is 420 g/mol. The van der Waals surface area contributed by atoms with E-state index in [1.807, 2.05) is 0 Å². The highest BCUT2D eigenvalue weighted by molar-refractivity contribution is 7.99. The summed E-state index contributed by atoms with van der Waals surface area (Å²) in [6.45, 7) is 9.23. The maximum atomic E-state index is 12.7. The van der Waals surface area contributed by atoms with Crippen molar-refractivity contribution in [1.82, 2.24) is 14.8 Å². The molecule has 1 aliphatic carbocycles. The zero-order chi connectivity index (χ0) is 21.7. The summed E-state index contributed by atoms with van der Waals surface area (Å²) in [5.41, 5.74) is 1.60. The van der Waals surface area contributed by atoms with E-state index in [4.69, 9.17) is 4.74 Å². The van der Waals surface area contributed by atoms with Crippen LogP contribution in [0.25, 0.3) is 0 Å². The molecule has 164 valence electrons. The van der Waals surface area contributed by atoms with Crippen LogP contribution in [0.5, 0.6) is 0 Å². The van der Waals surface area contributed by atoms with Gasteiger partial charge >= 0.3 is 5.97 Å². The Bertz CT molecular complexity index is 904. The number of carbonyl (C=O) groups is 2. The number of hydrogen-bond acceptors (Lipinski definition) is 7. The molecule has 7 nitrogen and oxygen atoms in total. The molecule has 0 aliphatic heterocycles. The molecule has 2 aromatic heterocycles. The van der Waals surface area contributed by atoms with Gasteiger partial charge < -0.3 is 14.6 Å². The maximum Gasteiger partial charge on any atom is 0.341 e. The van der Waals surface area contributed by atoms with Crippen LogP contribution in [-0.2, 0) is 28.9 Å². The first-order valence-corrected chi connectivity index (χ1v) is 12.4. The Morgan fingerprint density at radius 2 is 2.00 bits per heavy atom. The average Bonchev–Trinajstić information content (AvgIpc) is 3.27. The van der Waals surface area contributed by atoms with E-state index in [-0.39, 0.29) is 23.5 Å². The number of fused-ring (bicyclic) bond motifs is 1. The van der Waals surface area contributed by atoms with Gasteiger partial charge in [0.1, 0.15) is 10.8 Å². The lowest BCUT2D eigenvalue weighted by Crippen LogP contribution is -2.17. The third kappa shape index (κ3) is 5.06. The highest BCUT2D eigenvalue weighted by atomic mass is 32.2. The zero-order valence-electron chi connectivity index (χ0n) is 18.1. The Hall–Kier alpha value is -1.87. The number of esters is 1. The Kier molecular flexibility index (Phi) is 7.93. The maximum absolute atomic E-state index is 12.7. The number of amides is 1. The fourth-order valence-electron chi connectivity index (χ4n) is 3.63. The number of nitrogens with zero attached hydrogens (tertiary/aromatic N) is 3. The minimum Gasteiger partial charge on any atom is -0.462 e. The standard InChI is InChI=1S/C21H30N4O3S2/c1-5-11-25-18(13(3)4)23-24-21(25)29-12-16(26)22-19-17(20(27)28-6-2)14-9-7-8-10-15(14)30-19/h13H,5-12H2,1-4H3,(H,22,26). The summed E-state index contributed by atoms with van der Waals surface area (Å²) < 4.78 is 7.36. The molecule has 2 heterocycles. The van der Waals surface area contributed by atoms with Gasteiger partial charge in [-0.2, -0.15) is 0 Å². The first-order chi connectivity index (χ1) is 14.5. The molecule has 0 aromatic carbocycles. The number of aryl methyl sites for hydroxylation is 1. The molecule has 1 amide bonds. The van der Waals surface area contributed by atoms with E-state index >= 15 is 0 Å². The van der Waals surface area contributed by atoms with Crippen molar-refractivity contribution in [2.45, 2.75) is 77.4 Å². The lowest BCUT2D eigenvalue weighted by Gasteiger charge is -2.12. The highest BCUT2D eigenvalue weighted by Gasteiger charge is 2.27. The quantitative estimate of drug-likeness (QED) is 0.442. The van der Waals surface area contributed by atoms with Gasteiger partial charge in [-0.15, -0.1) is 21.5 Å². The van der Waals surface area contributed by atoms with Gasteiger partial charge in [0, 0.05) is 17.3 Å². The topological polar surface area (TPSA) is 86.1 Å². The molecule has 30 heavy (non-hydrogen) atoms. The number of anilines is 1. The normalized spacial score (nSPS) is 13.4. The van der Waals surface area contributed by atoms with E-state index in [0.717, 1.165) is 55.2 Å². The monoisotopic (exact) mass is 450 g/mol. The smallest absolute Gasteiger partial charge is 0.341 e. The van der Waals surface area contributed by atoms with Crippen molar-refractivity contribution in [3.63, 3.8) is 0 Å². The third-order valence-corrected chi connectivity index (χ3v) is 7.12. The van der Waals surface area contributed by atoms with Gasteiger partial charge in [-0.1, -0.05) is 32.5 Å². The summed E-state index contributed by atoms with van der Waals surface area (Å²) in [7, 11) is 0. The van der Waals surface area contributed by atoms with Gasteiger partial charge in [0.15, 0.2) is 5.16 Å². The molecule has 9 heteroatoms. The summed E-state index contributed by atoms with van der Waals surface area (Å²) >= 11 is 2.89. The summed E-state index contributed by atoms with van der Waals surface area (Å²) in [4.78, 5) is 26.4. The van der Waals surface area contributed by atoms with Gasteiger partial charge in [-0.25, -0.2) is 4.79 Å². The highest BCUT2D eigenvalue weighted by Crippen LogP contribution is 2.38. The average molecular weight is 451 g/mol. The van der Waals surface area contributed by atoms with Crippen LogP contribution >= 0.6 is 23.1 Å². The van der Waals surface area contributed by atoms with E-state index in [1.165, 1.54) is 28.0 Å². The number of carbonyl (C=O) groups excluding carboxylic acids is 2. The molecule has 1 N–H and O–H groups in total.